The molecule has 0 saturated carbocycles. The fourth-order valence-corrected chi connectivity index (χ4v) is 1.47. The molecular weight excluding hydrogens is 252 g/mol. The Hall–Kier alpha value is -2.15. The minimum atomic E-state index is -1.06. The maximum absolute atomic E-state index is 11.8. The maximum atomic E-state index is 11.8. The number of rotatable bonds is 7. The predicted molar refractivity (Wildman–Crippen MR) is 66.2 cm³/mol. The van der Waals surface area contributed by atoms with Crippen molar-refractivity contribution in [3.8, 4) is 0 Å². The minimum Gasteiger partial charge on any atom is -0.480 e. The normalized spacial score (nSPS) is 10.2. The van der Waals surface area contributed by atoms with Gasteiger partial charge in [0.05, 0.1) is 6.61 Å². The summed E-state index contributed by atoms with van der Waals surface area (Å²) in [5.74, 6) is -1.51. The zero-order chi connectivity index (χ0) is 14.4. The molecule has 1 aromatic heterocycles. The van der Waals surface area contributed by atoms with E-state index in [9.17, 15) is 14.4 Å². The van der Waals surface area contributed by atoms with Crippen molar-refractivity contribution in [2.75, 3.05) is 19.8 Å². The van der Waals surface area contributed by atoms with Gasteiger partial charge in [0.2, 0.25) is 0 Å². The molecule has 0 aliphatic heterocycles. The van der Waals surface area contributed by atoms with E-state index in [2.05, 4.69) is 5.32 Å². The van der Waals surface area contributed by atoms with Crippen molar-refractivity contribution in [3.63, 3.8) is 0 Å². The summed E-state index contributed by atoms with van der Waals surface area (Å²) in [6.45, 7) is 1.35. The number of nitrogens with one attached hydrogen (secondary N) is 1. The molecule has 0 aliphatic rings. The number of carbonyl (C=O) groups is 3. The molecule has 0 spiro atoms. The largest absolute Gasteiger partial charge is 0.480 e. The number of hydrogen-bond acceptors (Lipinski definition) is 4. The number of carbonyl (C=O) groups excluding carboxylic acids is 2. The van der Waals surface area contributed by atoms with E-state index in [0.29, 0.717) is 11.3 Å². The highest BCUT2D eigenvalue weighted by atomic mass is 16.5. The molecule has 1 aromatic rings. The number of hydrogen-bond donors (Lipinski definition) is 2. The predicted octanol–water partition coefficient (Wildman–Crippen LogP) is 0.0587. The molecule has 0 aliphatic carbocycles. The molecule has 1 rings (SSSR count). The Balaban J connectivity index is 2.45. The summed E-state index contributed by atoms with van der Waals surface area (Å²) in [5.41, 5.74) is 0.832. The molecule has 104 valence electrons. The van der Waals surface area contributed by atoms with Gasteiger partial charge in [0.15, 0.2) is 5.78 Å². The Morgan fingerprint density at radius 1 is 1.42 bits per heavy atom. The molecule has 0 atom stereocenters. The van der Waals surface area contributed by atoms with E-state index >= 15 is 0 Å². The molecule has 7 heteroatoms. The molecule has 0 fully saturated rings. The van der Waals surface area contributed by atoms with Crippen molar-refractivity contribution in [1.82, 2.24) is 9.88 Å². The van der Waals surface area contributed by atoms with E-state index in [0.717, 1.165) is 0 Å². The highest BCUT2D eigenvalue weighted by molar-refractivity contribution is 5.99. The standard InChI is InChI=1S/C12H16N2O5/c1-8(15)9-5-10(14(2)6-9)12(18)13-3-4-19-7-11(16)17/h5-6H,3-4,7H2,1-2H3,(H,13,18)(H,16,17). The average Bonchev–Trinajstić information content (AvgIpc) is 2.70. The smallest absolute Gasteiger partial charge is 0.329 e. The van der Waals surface area contributed by atoms with Crippen LogP contribution in [0.15, 0.2) is 12.3 Å². The number of Topliss-reactive ketones (excluding diaryl/α,β-unsaturated/α-hetero) is 1. The van der Waals surface area contributed by atoms with E-state index in [1.54, 1.807) is 17.8 Å². The van der Waals surface area contributed by atoms with Crippen LogP contribution in [0.5, 0.6) is 0 Å². The first-order chi connectivity index (χ1) is 8.91. The number of ether oxygens (including phenoxy) is 1. The van der Waals surface area contributed by atoms with Crippen LogP contribution in [0.4, 0.5) is 0 Å². The number of aromatic nitrogens is 1. The van der Waals surface area contributed by atoms with Crippen LogP contribution in [0.3, 0.4) is 0 Å². The Bertz CT molecular complexity index is 492. The summed E-state index contributed by atoms with van der Waals surface area (Å²) in [4.78, 5) is 33.1. The van der Waals surface area contributed by atoms with E-state index in [1.807, 2.05) is 0 Å². The number of nitrogens with zero attached hydrogens (tertiary/aromatic N) is 1. The number of carboxylic acid groups (broad SMARTS) is 1. The Kier molecular flexibility index (Phi) is 5.25. The van der Waals surface area contributed by atoms with Crippen LogP contribution in [-0.2, 0) is 16.6 Å². The highest BCUT2D eigenvalue weighted by Crippen LogP contribution is 2.07. The van der Waals surface area contributed by atoms with E-state index in [1.165, 1.54) is 13.0 Å². The monoisotopic (exact) mass is 268 g/mol. The zero-order valence-corrected chi connectivity index (χ0v) is 10.8. The average molecular weight is 268 g/mol. The van der Waals surface area contributed by atoms with E-state index in [-0.39, 0.29) is 24.8 Å². The Morgan fingerprint density at radius 2 is 2.11 bits per heavy atom. The van der Waals surface area contributed by atoms with Gasteiger partial charge >= 0.3 is 5.97 Å². The zero-order valence-electron chi connectivity index (χ0n) is 10.8. The number of aryl methyl sites for hydroxylation is 1. The summed E-state index contributed by atoms with van der Waals surface area (Å²) in [7, 11) is 1.67. The summed E-state index contributed by atoms with van der Waals surface area (Å²) < 4.78 is 6.34. The maximum Gasteiger partial charge on any atom is 0.329 e. The van der Waals surface area contributed by atoms with Gasteiger partial charge in [-0.15, -0.1) is 0 Å². The molecule has 19 heavy (non-hydrogen) atoms. The van der Waals surface area contributed by atoms with Crippen LogP contribution in [0.2, 0.25) is 0 Å². The van der Waals surface area contributed by atoms with Crippen LogP contribution in [0, 0.1) is 0 Å². The molecule has 0 aromatic carbocycles. The Morgan fingerprint density at radius 3 is 2.63 bits per heavy atom. The molecular formula is C12H16N2O5. The third-order valence-corrected chi connectivity index (χ3v) is 2.40. The highest BCUT2D eigenvalue weighted by Gasteiger charge is 2.13. The van der Waals surface area contributed by atoms with Gasteiger partial charge in [-0.05, 0) is 13.0 Å². The van der Waals surface area contributed by atoms with Crippen LogP contribution >= 0.6 is 0 Å². The first-order valence-electron chi connectivity index (χ1n) is 5.67. The van der Waals surface area contributed by atoms with Crippen molar-refractivity contribution in [2.24, 2.45) is 7.05 Å². The fraction of sp³-hybridized carbons (Fsp3) is 0.417. The van der Waals surface area contributed by atoms with Crippen molar-refractivity contribution in [3.05, 3.63) is 23.5 Å². The van der Waals surface area contributed by atoms with Crippen LogP contribution in [0.25, 0.3) is 0 Å². The van der Waals surface area contributed by atoms with Gasteiger partial charge in [0.25, 0.3) is 5.91 Å². The molecule has 1 amide bonds. The van der Waals surface area contributed by atoms with Gasteiger partial charge in [-0.2, -0.15) is 0 Å². The fourth-order valence-electron chi connectivity index (χ4n) is 1.47. The van der Waals surface area contributed by atoms with Gasteiger partial charge in [-0.1, -0.05) is 0 Å². The topological polar surface area (TPSA) is 97.6 Å². The van der Waals surface area contributed by atoms with Crippen LogP contribution in [0.1, 0.15) is 27.8 Å². The van der Waals surface area contributed by atoms with Gasteiger partial charge in [-0.25, -0.2) is 4.79 Å². The number of carboxylic acids is 1. The third-order valence-electron chi connectivity index (χ3n) is 2.40. The van der Waals surface area contributed by atoms with Crippen molar-refractivity contribution in [2.45, 2.75) is 6.92 Å². The number of amides is 1. The summed E-state index contributed by atoms with van der Waals surface area (Å²) in [6, 6.07) is 1.51. The molecule has 1 heterocycles. The van der Waals surface area contributed by atoms with Gasteiger partial charge in [-0.3, -0.25) is 9.59 Å². The number of ketones is 1. The van der Waals surface area contributed by atoms with Crippen molar-refractivity contribution in [1.29, 1.82) is 0 Å². The lowest BCUT2D eigenvalue weighted by molar-refractivity contribution is -0.142. The summed E-state index contributed by atoms with van der Waals surface area (Å²) >= 11 is 0. The van der Waals surface area contributed by atoms with Crippen molar-refractivity contribution >= 4 is 17.7 Å². The molecule has 0 unspecified atom stereocenters. The lowest BCUT2D eigenvalue weighted by Crippen LogP contribution is -2.29. The quantitative estimate of drug-likeness (QED) is 0.538. The molecule has 0 saturated heterocycles. The minimum absolute atomic E-state index is 0.112. The lowest BCUT2D eigenvalue weighted by Gasteiger charge is -2.05. The van der Waals surface area contributed by atoms with Gasteiger partial charge < -0.3 is 19.7 Å². The van der Waals surface area contributed by atoms with E-state index < -0.39 is 12.6 Å². The first-order valence-corrected chi connectivity index (χ1v) is 5.67. The molecule has 7 nitrogen and oxygen atoms in total. The Labute approximate surface area is 110 Å². The summed E-state index contributed by atoms with van der Waals surface area (Å²) in [6.07, 6.45) is 1.58. The second kappa shape index (κ2) is 6.69. The van der Waals surface area contributed by atoms with Crippen molar-refractivity contribution < 1.29 is 24.2 Å². The van der Waals surface area contributed by atoms with E-state index in [4.69, 9.17) is 9.84 Å². The van der Waals surface area contributed by atoms with Crippen LogP contribution in [-0.4, -0.2) is 47.1 Å². The second-order valence-corrected chi connectivity index (χ2v) is 3.98. The number of aliphatic carboxylic acids is 1. The van der Waals surface area contributed by atoms with Gasteiger partial charge in [0.1, 0.15) is 12.3 Å². The molecule has 0 radical (unpaired) electrons. The first kappa shape index (κ1) is 14.9. The lowest BCUT2D eigenvalue weighted by atomic mass is 10.2. The molecule has 2 N–H and O–H groups in total. The summed E-state index contributed by atoms with van der Waals surface area (Å²) in [5, 5.41) is 10.9. The third kappa shape index (κ3) is 4.55. The SMILES string of the molecule is CC(=O)c1cc(C(=O)NCCOCC(=O)O)n(C)c1. The molecule has 0 bridgehead atoms. The van der Waals surface area contributed by atoms with Gasteiger partial charge in [0, 0.05) is 25.4 Å². The van der Waals surface area contributed by atoms with Crippen LogP contribution < -0.4 is 5.32 Å². The second-order valence-electron chi connectivity index (χ2n) is 3.98.